The van der Waals surface area contributed by atoms with Crippen LogP contribution in [-0.4, -0.2) is 52.2 Å². The highest BCUT2D eigenvalue weighted by atomic mass is 35.5. The molecular weight excluding hydrogens is 578 g/mol. The number of β-amino-alcohol motifs (C(OH)–C–C–N with tert-alkyl or cyclic N) is 1. The normalized spacial score (nSPS) is 24.5. The highest BCUT2D eigenvalue weighted by molar-refractivity contribution is 6.31. The average Bonchev–Trinajstić information content (AvgIpc) is 3.31. The highest BCUT2D eigenvalue weighted by Crippen LogP contribution is 2.48. The van der Waals surface area contributed by atoms with Crippen LogP contribution < -0.4 is 10.5 Å². The van der Waals surface area contributed by atoms with Crippen LogP contribution >= 0.6 is 11.6 Å². The van der Waals surface area contributed by atoms with Gasteiger partial charge in [-0.25, -0.2) is 13.8 Å². The van der Waals surface area contributed by atoms with Gasteiger partial charge < -0.3 is 25.9 Å². The Morgan fingerprint density at radius 1 is 1.19 bits per heavy atom. The number of carbonyl (C=O) groups is 2. The summed E-state index contributed by atoms with van der Waals surface area (Å²) in [5.74, 6) is -2.95. The molecule has 2 aliphatic heterocycles. The largest absolute Gasteiger partial charge is 0.489 e. The summed E-state index contributed by atoms with van der Waals surface area (Å²) < 4.78 is 35.1. The Kier molecular flexibility index (Phi) is 7.43. The standard InChI is InChI=1S/C32H31ClF2N4O4/c1-6-18-8-19(7-15(2)26(18)36)29(40)39-12-16(3)17(4)32(42,13-39)25-10-21-28(43-14-31(21,5)30(37)41)27(38-25)20-9-22(33)24(35)11-23(20)34/h6-11,36,42H,12-14H2,1-5H3,(H2,37,41)/b18-6-,36-26?/t31-,32+/m0/s1. The van der Waals surface area contributed by atoms with Crippen molar-refractivity contribution in [3.8, 4) is 17.0 Å². The summed E-state index contributed by atoms with van der Waals surface area (Å²) in [4.78, 5) is 32.5. The molecule has 2 aromatic rings. The molecule has 8 nitrogen and oxygen atoms in total. The molecule has 4 N–H and O–H groups in total. The second-order valence-electron chi connectivity index (χ2n) is 11.4. The summed E-state index contributed by atoms with van der Waals surface area (Å²) in [5.41, 5.74) is 5.69. The fourth-order valence-electron chi connectivity index (χ4n) is 5.66. The summed E-state index contributed by atoms with van der Waals surface area (Å²) >= 11 is 6.01. The molecule has 2 amide bonds. The van der Waals surface area contributed by atoms with E-state index in [-0.39, 0.29) is 58.9 Å². The van der Waals surface area contributed by atoms with Gasteiger partial charge in [0.2, 0.25) is 5.91 Å². The monoisotopic (exact) mass is 608 g/mol. The number of allylic oxidation sites excluding steroid dienone is 4. The molecule has 224 valence electrons. The minimum atomic E-state index is -1.87. The van der Waals surface area contributed by atoms with Crippen LogP contribution in [0.25, 0.3) is 11.3 Å². The molecule has 43 heavy (non-hydrogen) atoms. The van der Waals surface area contributed by atoms with Crippen molar-refractivity contribution in [1.29, 1.82) is 5.41 Å². The summed E-state index contributed by atoms with van der Waals surface area (Å²) in [6.45, 7) is 8.46. The van der Waals surface area contributed by atoms with E-state index in [4.69, 9.17) is 27.5 Å². The number of pyridine rings is 1. The van der Waals surface area contributed by atoms with Gasteiger partial charge in [0.05, 0.1) is 23.0 Å². The van der Waals surface area contributed by atoms with Gasteiger partial charge in [0.25, 0.3) is 5.91 Å². The van der Waals surface area contributed by atoms with E-state index in [0.29, 0.717) is 39.6 Å². The number of benzene rings is 1. The molecule has 0 unspecified atom stereocenters. The van der Waals surface area contributed by atoms with Crippen LogP contribution in [0.3, 0.4) is 0 Å². The van der Waals surface area contributed by atoms with Gasteiger partial charge in [-0.3, -0.25) is 9.59 Å². The number of hydrogen-bond acceptors (Lipinski definition) is 6. The van der Waals surface area contributed by atoms with Gasteiger partial charge in [-0.15, -0.1) is 0 Å². The lowest BCUT2D eigenvalue weighted by molar-refractivity contribution is -0.130. The lowest BCUT2D eigenvalue weighted by Gasteiger charge is -2.41. The maximum absolute atomic E-state index is 15.2. The molecular formula is C32H31ClF2N4O4. The second kappa shape index (κ2) is 10.5. The number of aromatic nitrogens is 1. The Hall–Kier alpha value is -4.15. The second-order valence-corrected chi connectivity index (χ2v) is 11.8. The number of nitrogens with zero attached hydrogens (tertiary/aromatic N) is 2. The fraction of sp³-hybridized carbons (Fsp3) is 0.312. The number of nitrogens with one attached hydrogen (secondary N) is 1. The minimum absolute atomic E-state index is 0.0219. The van der Waals surface area contributed by atoms with E-state index in [9.17, 15) is 19.1 Å². The number of carbonyl (C=O) groups excluding carboxylic acids is 2. The summed E-state index contributed by atoms with van der Waals surface area (Å²) in [5, 5.41) is 20.2. The van der Waals surface area contributed by atoms with E-state index in [2.05, 4.69) is 4.98 Å². The van der Waals surface area contributed by atoms with Crippen LogP contribution in [0.5, 0.6) is 5.75 Å². The predicted octanol–water partition coefficient (Wildman–Crippen LogP) is 5.03. The van der Waals surface area contributed by atoms with E-state index in [1.54, 1.807) is 52.8 Å². The van der Waals surface area contributed by atoms with Crippen molar-refractivity contribution in [2.45, 2.75) is 45.6 Å². The van der Waals surface area contributed by atoms with Crippen molar-refractivity contribution in [1.82, 2.24) is 9.88 Å². The third kappa shape index (κ3) is 4.78. The minimum Gasteiger partial charge on any atom is -0.489 e. The topological polar surface area (TPSA) is 130 Å². The quantitative estimate of drug-likeness (QED) is 0.331. The molecule has 0 fully saturated rings. The van der Waals surface area contributed by atoms with Gasteiger partial charge in [0.1, 0.15) is 40.7 Å². The Morgan fingerprint density at radius 3 is 2.53 bits per heavy atom. The zero-order chi connectivity index (χ0) is 31.6. The Labute approximate surface area is 252 Å². The number of amides is 2. The maximum atomic E-state index is 15.2. The lowest BCUT2D eigenvalue weighted by Crippen LogP contribution is -2.50. The van der Waals surface area contributed by atoms with Crippen molar-refractivity contribution < 1.29 is 28.2 Å². The zero-order valence-electron chi connectivity index (χ0n) is 24.4. The van der Waals surface area contributed by atoms with Gasteiger partial charge in [-0.2, -0.15) is 0 Å². The molecule has 0 radical (unpaired) electrons. The van der Waals surface area contributed by atoms with Crippen LogP contribution in [0.15, 0.2) is 64.3 Å². The highest BCUT2D eigenvalue weighted by Gasteiger charge is 2.48. The number of halogens is 3. The number of nitrogens with two attached hydrogens (primary N) is 1. The molecule has 1 aromatic heterocycles. The van der Waals surface area contributed by atoms with E-state index < -0.39 is 28.6 Å². The smallest absolute Gasteiger partial charge is 0.254 e. The number of fused-ring (bicyclic) bond motifs is 1. The predicted molar refractivity (Wildman–Crippen MR) is 159 cm³/mol. The van der Waals surface area contributed by atoms with Gasteiger partial charge in [-0.05, 0) is 75.6 Å². The molecule has 11 heteroatoms. The van der Waals surface area contributed by atoms with Gasteiger partial charge in [0.15, 0.2) is 0 Å². The number of primary amides is 1. The summed E-state index contributed by atoms with van der Waals surface area (Å²) in [7, 11) is 0. The Balaban J connectivity index is 1.68. The molecule has 1 aromatic carbocycles. The van der Waals surface area contributed by atoms with Crippen molar-refractivity contribution >= 4 is 29.1 Å². The van der Waals surface area contributed by atoms with E-state index in [0.717, 1.165) is 6.07 Å². The first kappa shape index (κ1) is 30.3. The SMILES string of the molecule is C/C=C1/C=C(C(=O)N2CC(C)=C(C)[C@@](O)(c3cc4c(c(-c5cc(Cl)c(F)cc5F)n3)OC[C@]4(C)C(N)=O)C2)C=C(C)C1=N. The first-order chi connectivity index (χ1) is 20.1. The van der Waals surface area contributed by atoms with Gasteiger partial charge >= 0.3 is 0 Å². The van der Waals surface area contributed by atoms with Crippen LogP contribution in [0, 0.1) is 17.0 Å². The van der Waals surface area contributed by atoms with Crippen LogP contribution in [0.2, 0.25) is 5.02 Å². The van der Waals surface area contributed by atoms with Crippen molar-refractivity contribution in [3.63, 3.8) is 0 Å². The molecule has 1 aliphatic carbocycles. The average molecular weight is 609 g/mol. The molecule has 0 spiro atoms. The first-order valence-corrected chi connectivity index (χ1v) is 14.0. The summed E-state index contributed by atoms with van der Waals surface area (Å²) in [6, 6.07) is 3.18. The molecule has 0 saturated carbocycles. The fourth-order valence-corrected chi connectivity index (χ4v) is 5.82. The van der Waals surface area contributed by atoms with E-state index in [1.807, 2.05) is 0 Å². The summed E-state index contributed by atoms with van der Waals surface area (Å²) in [6.07, 6.45) is 5.03. The molecule has 0 bridgehead atoms. The third-order valence-electron chi connectivity index (χ3n) is 8.62. The van der Waals surface area contributed by atoms with Crippen LogP contribution in [0.4, 0.5) is 8.78 Å². The molecule has 3 heterocycles. The molecule has 5 rings (SSSR count). The lowest BCUT2D eigenvalue weighted by atomic mass is 9.79. The van der Waals surface area contributed by atoms with Crippen molar-refractivity contribution in [3.05, 3.63) is 92.2 Å². The van der Waals surface area contributed by atoms with Crippen LogP contribution in [0.1, 0.15) is 45.9 Å². The maximum Gasteiger partial charge on any atom is 0.254 e. The Morgan fingerprint density at radius 2 is 1.88 bits per heavy atom. The van der Waals surface area contributed by atoms with E-state index >= 15 is 4.39 Å². The van der Waals surface area contributed by atoms with Crippen molar-refractivity contribution in [2.24, 2.45) is 5.73 Å². The zero-order valence-corrected chi connectivity index (χ0v) is 25.1. The first-order valence-electron chi connectivity index (χ1n) is 13.6. The molecule has 0 saturated heterocycles. The number of rotatable bonds is 4. The third-order valence-corrected chi connectivity index (χ3v) is 8.91. The number of hydrogen-bond donors (Lipinski definition) is 3. The Bertz CT molecular complexity index is 1760. The van der Waals surface area contributed by atoms with E-state index in [1.165, 1.54) is 11.0 Å². The van der Waals surface area contributed by atoms with Gasteiger partial charge in [-0.1, -0.05) is 23.3 Å². The van der Waals surface area contributed by atoms with Crippen LogP contribution in [-0.2, 0) is 20.6 Å². The molecule has 3 aliphatic rings. The number of ether oxygens (including phenoxy) is 1. The van der Waals surface area contributed by atoms with Crippen molar-refractivity contribution in [2.75, 3.05) is 19.7 Å². The number of aliphatic hydroxyl groups is 1. The van der Waals surface area contributed by atoms with Gasteiger partial charge in [0, 0.05) is 29.3 Å². The molecule has 2 atom stereocenters.